The summed E-state index contributed by atoms with van der Waals surface area (Å²) in [5.41, 5.74) is 4.65. The first kappa shape index (κ1) is 18.7. The number of hydrazone groups is 1. The Kier molecular flexibility index (Phi) is 5.41. The summed E-state index contributed by atoms with van der Waals surface area (Å²) in [5, 5.41) is 4.18. The highest BCUT2D eigenvalue weighted by molar-refractivity contribution is 5.80. The van der Waals surface area contributed by atoms with E-state index in [1.54, 1.807) is 18.3 Å². The molecule has 1 aliphatic carbocycles. The molecule has 1 aromatic carbocycles. The zero-order valence-corrected chi connectivity index (χ0v) is 16.5. The summed E-state index contributed by atoms with van der Waals surface area (Å²) in [7, 11) is 2.10. The molecule has 0 amide bonds. The molecule has 6 nitrogen and oxygen atoms in total. The van der Waals surface area contributed by atoms with Crippen LogP contribution in [-0.2, 0) is 0 Å². The summed E-state index contributed by atoms with van der Waals surface area (Å²) in [6, 6.07) is 7.31. The van der Waals surface area contributed by atoms with Crippen molar-refractivity contribution in [2.75, 3.05) is 28.8 Å². The third-order valence-electron chi connectivity index (χ3n) is 5.70. The van der Waals surface area contributed by atoms with Gasteiger partial charge >= 0.3 is 0 Å². The first-order valence-electron chi connectivity index (χ1n) is 10.1. The van der Waals surface area contributed by atoms with Crippen LogP contribution in [0.1, 0.15) is 44.6 Å². The van der Waals surface area contributed by atoms with Crippen LogP contribution in [0.4, 0.5) is 21.8 Å². The highest BCUT2D eigenvalue weighted by atomic mass is 19.1. The van der Waals surface area contributed by atoms with Crippen LogP contribution in [0.15, 0.2) is 35.6 Å². The first-order chi connectivity index (χ1) is 13.7. The van der Waals surface area contributed by atoms with Crippen molar-refractivity contribution < 1.29 is 4.39 Å². The smallest absolute Gasteiger partial charge is 0.245 e. The van der Waals surface area contributed by atoms with E-state index in [-0.39, 0.29) is 5.82 Å². The molecule has 0 saturated heterocycles. The summed E-state index contributed by atoms with van der Waals surface area (Å²) in [4.78, 5) is 14.0. The van der Waals surface area contributed by atoms with Gasteiger partial charge in [-0.2, -0.15) is 10.1 Å². The first-order valence-corrected chi connectivity index (χ1v) is 10.1. The molecule has 1 N–H and O–H groups in total. The molecule has 2 aromatic rings. The van der Waals surface area contributed by atoms with Crippen LogP contribution in [0.2, 0.25) is 0 Å². The molecule has 2 heterocycles. The SMILES string of the molecule is CCC1CN(C)c2cnc(N/N=C/c3cccc(F)c3)nc2N1C1CCCC1. The Morgan fingerprint density at radius 1 is 1.32 bits per heavy atom. The monoisotopic (exact) mass is 382 g/mol. The fourth-order valence-corrected chi connectivity index (χ4v) is 4.29. The Balaban J connectivity index is 1.58. The molecule has 1 unspecified atom stereocenters. The zero-order valence-electron chi connectivity index (χ0n) is 16.5. The molecule has 0 bridgehead atoms. The van der Waals surface area contributed by atoms with E-state index < -0.39 is 0 Å². The molecule has 28 heavy (non-hydrogen) atoms. The van der Waals surface area contributed by atoms with Gasteiger partial charge in [0.15, 0.2) is 5.82 Å². The third kappa shape index (κ3) is 3.79. The van der Waals surface area contributed by atoms with Gasteiger partial charge in [-0.3, -0.25) is 0 Å². The summed E-state index contributed by atoms with van der Waals surface area (Å²) < 4.78 is 13.3. The van der Waals surface area contributed by atoms with Gasteiger partial charge in [0.1, 0.15) is 5.82 Å². The number of benzene rings is 1. The van der Waals surface area contributed by atoms with Crippen LogP contribution in [0.25, 0.3) is 0 Å². The lowest BCUT2D eigenvalue weighted by molar-refractivity contribution is 0.476. The van der Waals surface area contributed by atoms with Gasteiger partial charge in [-0.1, -0.05) is 31.9 Å². The Morgan fingerprint density at radius 3 is 2.89 bits per heavy atom. The second-order valence-corrected chi connectivity index (χ2v) is 7.62. The molecule has 0 radical (unpaired) electrons. The highest BCUT2D eigenvalue weighted by Gasteiger charge is 2.35. The van der Waals surface area contributed by atoms with Gasteiger partial charge in [-0.25, -0.2) is 14.8 Å². The summed E-state index contributed by atoms with van der Waals surface area (Å²) in [6.07, 6.45) is 9.56. The maximum atomic E-state index is 13.3. The molecule has 2 aliphatic rings. The van der Waals surface area contributed by atoms with Crippen LogP contribution in [-0.4, -0.2) is 41.9 Å². The number of aromatic nitrogens is 2. The Labute approximate surface area is 165 Å². The van der Waals surface area contributed by atoms with Gasteiger partial charge in [0.05, 0.1) is 18.1 Å². The number of hydrogen-bond acceptors (Lipinski definition) is 6. The number of nitrogens with zero attached hydrogens (tertiary/aromatic N) is 5. The van der Waals surface area contributed by atoms with Gasteiger partial charge in [0.25, 0.3) is 0 Å². The van der Waals surface area contributed by atoms with E-state index >= 15 is 0 Å². The minimum Gasteiger partial charge on any atom is -0.368 e. The average molecular weight is 382 g/mol. The minimum atomic E-state index is -0.283. The van der Waals surface area contributed by atoms with E-state index in [1.807, 2.05) is 6.20 Å². The Bertz CT molecular complexity index is 849. The van der Waals surface area contributed by atoms with Crippen LogP contribution in [0.5, 0.6) is 0 Å². The van der Waals surface area contributed by atoms with E-state index in [4.69, 9.17) is 4.98 Å². The van der Waals surface area contributed by atoms with Crippen LogP contribution >= 0.6 is 0 Å². The van der Waals surface area contributed by atoms with Crippen molar-refractivity contribution in [3.8, 4) is 0 Å². The van der Waals surface area contributed by atoms with E-state index in [0.717, 1.165) is 24.5 Å². The van der Waals surface area contributed by atoms with Crippen LogP contribution < -0.4 is 15.2 Å². The normalized spacial score (nSPS) is 20.0. The predicted molar refractivity (Wildman–Crippen MR) is 112 cm³/mol. The maximum absolute atomic E-state index is 13.3. The topological polar surface area (TPSA) is 56.7 Å². The molecular formula is C21H27FN6. The molecule has 4 rings (SSSR count). The lowest BCUT2D eigenvalue weighted by Crippen LogP contribution is -2.52. The van der Waals surface area contributed by atoms with Crippen molar-refractivity contribution in [1.82, 2.24) is 9.97 Å². The lowest BCUT2D eigenvalue weighted by atomic mass is 10.0. The fraction of sp³-hybridized carbons (Fsp3) is 0.476. The van der Waals surface area contributed by atoms with Crippen molar-refractivity contribution in [2.24, 2.45) is 5.10 Å². The molecule has 0 spiro atoms. The number of anilines is 3. The molecular weight excluding hydrogens is 355 g/mol. The average Bonchev–Trinajstić information content (AvgIpc) is 3.22. The standard InChI is InChI=1S/C21H27FN6/c1-3-17-14-27(2)19-13-23-21(25-20(19)28(17)18-9-4-5-10-18)26-24-12-15-7-6-8-16(22)11-15/h6-8,11-13,17-18H,3-5,9-10,14H2,1-2H3,(H,23,25,26)/b24-12+. The number of rotatable bonds is 5. The van der Waals surface area contributed by atoms with Gasteiger partial charge < -0.3 is 9.80 Å². The number of halogens is 1. The minimum absolute atomic E-state index is 0.283. The van der Waals surface area contributed by atoms with Gasteiger partial charge in [-0.05, 0) is 37.0 Å². The largest absolute Gasteiger partial charge is 0.368 e. The van der Waals surface area contributed by atoms with E-state index in [1.165, 1.54) is 37.8 Å². The Morgan fingerprint density at radius 2 is 2.14 bits per heavy atom. The highest BCUT2D eigenvalue weighted by Crippen LogP contribution is 2.39. The van der Waals surface area contributed by atoms with Gasteiger partial charge in [0, 0.05) is 25.7 Å². The second-order valence-electron chi connectivity index (χ2n) is 7.62. The van der Waals surface area contributed by atoms with E-state index in [2.05, 4.69) is 39.3 Å². The summed E-state index contributed by atoms with van der Waals surface area (Å²) >= 11 is 0. The number of fused-ring (bicyclic) bond motifs is 1. The third-order valence-corrected chi connectivity index (χ3v) is 5.70. The molecule has 7 heteroatoms. The summed E-state index contributed by atoms with van der Waals surface area (Å²) in [5.74, 6) is 1.17. The number of nitrogens with one attached hydrogen (secondary N) is 1. The lowest BCUT2D eigenvalue weighted by Gasteiger charge is -2.45. The van der Waals surface area contributed by atoms with Crippen molar-refractivity contribution in [1.29, 1.82) is 0 Å². The van der Waals surface area contributed by atoms with Gasteiger partial charge in [0.2, 0.25) is 5.95 Å². The van der Waals surface area contributed by atoms with Crippen molar-refractivity contribution in [3.63, 3.8) is 0 Å². The molecule has 1 atom stereocenters. The molecule has 1 aliphatic heterocycles. The molecule has 148 valence electrons. The molecule has 1 saturated carbocycles. The predicted octanol–water partition coefficient (Wildman–Crippen LogP) is 4.04. The summed E-state index contributed by atoms with van der Waals surface area (Å²) in [6.45, 7) is 3.24. The molecule has 1 aromatic heterocycles. The molecule has 1 fully saturated rings. The van der Waals surface area contributed by atoms with E-state index in [9.17, 15) is 4.39 Å². The number of likely N-dealkylation sites (N-methyl/N-ethyl adjacent to an activating group) is 1. The van der Waals surface area contributed by atoms with Crippen molar-refractivity contribution in [2.45, 2.75) is 51.1 Å². The van der Waals surface area contributed by atoms with Crippen molar-refractivity contribution >= 4 is 23.7 Å². The number of hydrogen-bond donors (Lipinski definition) is 1. The second kappa shape index (κ2) is 8.12. The van der Waals surface area contributed by atoms with Gasteiger partial charge in [-0.15, -0.1) is 0 Å². The van der Waals surface area contributed by atoms with E-state index in [0.29, 0.717) is 23.6 Å². The Hall–Kier alpha value is -2.70. The fourth-order valence-electron chi connectivity index (χ4n) is 4.29. The maximum Gasteiger partial charge on any atom is 0.245 e. The zero-order chi connectivity index (χ0) is 19.5. The van der Waals surface area contributed by atoms with Crippen LogP contribution in [0.3, 0.4) is 0 Å². The van der Waals surface area contributed by atoms with Crippen molar-refractivity contribution in [3.05, 3.63) is 41.8 Å². The quantitative estimate of drug-likeness (QED) is 0.625. The van der Waals surface area contributed by atoms with Crippen LogP contribution in [0, 0.1) is 5.82 Å².